The summed E-state index contributed by atoms with van der Waals surface area (Å²) in [7, 11) is 3.89. The topological polar surface area (TPSA) is 70.4 Å². The first-order valence-corrected chi connectivity index (χ1v) is 8.05. The fraction of sp³-hybridized carbons (Fsp3) is 0.250. The van der Waals surface area contributed by atoms with Crippen molar-refractivity contribution in [3.63, 3.8) is 0 Å². The van der Waals surface area contributed by atoms with Crippen molar-refractivity contribution < 1.29 is 9.21 Å². The van der Waals surface area contributed by atoms with Crippen LogP contribution in [0.4, 0.5) is 9.93 Å². The minimum Gasteiger partial charge on any atom is -0.468 e. The summed E-state index contributed by atoms with van der Waals surface area (Å²) in [5.41, 5.74) is 0.884. The second kappa shape index (κ2) is 6.80. The molecule has 0 saturated carbocycles. The van der Waals surface area contributed by atoms with Gasteiger partial charge in [-0.05, 0) is 38.4 Å². The van der Waals surface area contributed by atoms with E-state index in [9.17, 15) is 4.79 Å². The molecule has 0 aliphatic carbocycles. The molecule has 2 amide bonds. The lowest BCUT2D eigenvalue weighted by molar-refractivity contribution is 0.233. The third kappa shape index (κ3) is 3.69. The number of carbonyl (C=O) groups excluding carboxylic acids is 1. The van der Waals surface area contributed by atoms with Gasteiger partial charge in [-0.15, -0.1) is 0 Å². The molecule has 2 heterocycles. The Labute approximate surface area is 138 Å². The van der Waals surface area contributed by atoms with E-state index in [1.54, 1.807) is 6.26 Å². The van der Waals surface area contributed by atoms with Crippen molar-refractivity contribution in [2.45, 2.75) is 6.04 Å². The first kappa shape index (κ1) is 15.5. The number of furan rings is 1. The Morgan fingerprint density at radius 2 is 2.13 bits per heavy atom. The summed E-state index contributed by atoms with van der Waals surface area (Å²) in [6.07, 6.45) is 1.63. The molecule has 0 radical (unpaired) electrons. The van der Waals surface area contributed by atoms with Crippen LogP contribution in [-0.4, -0.2) is 36.6 Å². The number of para-hydroxylation sites is 1. The molecule has 7 heteroatoms. The van der Waals surface area contributed by atoms with Crippen LogP contribution in [0.5, 0.6) is 0 Å². The number of likely N-dealkylation sites (N-methyl/N-ethyl adjacent to an activating group) is 1. The zero-order valence-corrected chi connectivity index (χ0v) is 13.8. The van der Waals surface area contributed by atoms with Gasteiger partial charge in [0, 0.05) is 6.54 Å². The molecule has 1 aromatic carbocycles. The summed E-state index contributed by atoms with van der Waals surface area (Å²) in [6, 6.07) is 11.2. The number of hydrogen-bond acceptors (Lipinski definition) is 5. The van der Waals surface area contributed by atoms with Crippen molar-refractivity contribution in [1.29, 1.82) is 0 Å². The zero-order chi connectivity index (χ0) is 16.2. The van der Waals surface area contributed by atoms with Crippen molar-refractivity contribution >= 4 is 32.7 Å². The van der Waals surface area contributed by atoms with Gasteiger partial charge in [-0.2, -0.15) is 0 Å². The molecule has 0 fully saturated rings. The highest BCUT2D eigenvalue weighted by atomic mass is 32.1. The number of carbonyl (C=O) groups is 1. The van der Waals surface area contributed by atoms with Gasteiger partial charge in [-0.1, -0.05) is 23.5 Å². The van der Waals surface area contributed by atoms with E-state index in [4.69, 9.17) is 4.42 Å². The van der Waals surface area contributed by atoms with Crippen LogP contribution in [0, 0.1) is 0 Å². The SMILES string of the molecule is CN(C)C(CNC(=O)Nc1nc2ccccc2s1)c1ccco1. The van der Waals surface area contributed by atoms with Gasteiger partial charge in [0.2, 0.25) is 0 Å². The summed E-state index contributed by atoms with van der Waals surface area (Å²) < 4.78 is 6.47. The number of hydrogen-bond donors (Lipinski definition) is 2. The summed E-state index contributed by atoms with van der Waals surface area (Å²) in [5, 5.41) is 6.23. The third-order valence-electron chi connectivity index (χ3n) is 3.47. The maximum absolute atomic E-state index is 12.1. The molecule has 23 heavy (non-hydrogen) atoms. The van der Waals surface area contributed by atoms with Gasteiger partial charge in [0.15, 0.2) is 5.13 Å². The van der Waals surface area contributed by atoms with E-state index in [2.05, 4.69) is 15.6 Å². The van der Waals surface area contributed by atoms with E-state index in [1.807, 2.05) is 55.4 Å². The van der Waals surface area contributed by atoms with Gasteiger partial charge in [0.05, 0.1) is 22.5 Å². The number of urea groups is 1. The van der Waals surface area contributed by atoms with Crippen LogP contribution in [0.15, 0.2) is 47.1 Å². The number of benzene rings is 1. The minimum atomic E-state index is -0.275. The number of fused-ring (bicyclic) bond motifs is 1. The predicted molar refractivity (Wildman–Crippen MR) is 91.8 cm³/mol. The number of nitrogens with one attached hydrogen (secondary N) is 2. The number of nitrogens with zero attached hydrogens (tertiary/aromatic N) is 2. The first-order chi connectivity index (χ1) is 11.1. The Balaban J connectivity index is 1.60. The van der Waals surface area contributed by atoms with E-state index in [1.165, 1.54) is 11.3 Å². The summed E-state index contributed by atoms with van der Waals surface area (Å²) in [6.45, 7) is 0.442. The number of rotatable bonds is 5. The van der Waals surface area contributed by atoms with Crippen LogP contribution < -0.4 is 10.6 Å². The second-order valence-electron chi connectivity index (χ2n) is 5.32. The molecule has 0 aliphatic rings. The number of thiazole rings is 1. The summed E-state index contributed by atoms with van der Waals surface area (Å²) >= 11 is 1.45. The van der Waals surface area contributed by atoms with Crippen LogP contribution in [0.2, 0.25) is 0 Å². The number of aromatic nitrogens is 1. The quantitative estimate of drug-likeness (QED) is 0.753. The van der Waals surface area contributed by atoms with Crippen LogP contribution in [0.1, 0.15) is 11.8 Å². The Bertz CT molecular complexity index is 749. The third-order valence-corrected chi connectivity index (χ3v) is 4.42. The van der Waals surface area contributed by atoms with Gasteiger partial charge in [0.1, 0.15) is 5.76 Å². The lowest BCUT2D eigenvalue weighted by atomic mass is 10.2. The van der Waals surface area contributed by atoms with E-state index in [0.717, 1.165) is 16.0 Å². The highest BCUT2D eigenvalue weighted by Crippen LogP contribution is 2.25. The van der Waals surface area contributed by atoms with Crippen molar-refractivity contribution in [2.24, 2.45) is 0 Å². The van der Waals surface area contributed by atoms with Crippen molar-refractivity contribution in [3.8, 4) is 0 Å². The smallest absolute Gasteiger partial charge is 0.321 e. The maximum Gasteiger partial charge on any atom is 0.321 e. The molecule has 0 spiro atoms. The molecule has 1 unspecified atom stereocenters. The second-order valence-corrected chi connectivity index (χ2v) is 6.35. The molecule has 6 nitrogen and oxygen atoms in total. The van der Waals surface area contributed by atoms with Crippen molar-refractivity contribution in [2.75, 3.05) is 26.0 Å². The van der Waals surface area contributed by atoms with Gasteiger partial charge in [0.25, 0.3) is 0 Å². The fourth-order valence-corrected chi connectivity index (χ4v) is 3.14. The van der Waals surface area contributed by atoms with Crippen molar-refractivity contribution in [3.05, 3.63) is 48.4 Å². The molecule has 3 rings (SSSR count). The Morgan fingerprint density at radius 1 is 1.30 bits per heavy atom. The van der Waals surface area contributed by atoms with Gasteiger partial charge < -0.3 is 9.73 Å². The Kier molecular flexibility index (Phi) is 4.59. The molecule has 1 atom stereocenters. The number of amides is 2. The average molecular weight is 330 g/mol. The summed E-state index contributed by atoms with van der Waals surface area (Å²) in [5.74, 6) is 0.815. The highest BCUT2D eigenvalue weighted by Gasteiger charge is 2.18. The lowest BCUT2D eigenvalue weighted by Gasteiger charge is -2.22. The molecule has 0 aliphatic heterocycles. The van der Waals surface area contributed by atoms with Crippen LogP contribution in [-0.2, 0) is 0 Å². The normalized spacial score (nSPS) is 12.5. The molecule has 0 saturated heterocycles. The van der Waals surface area contributed by atoms with E-state index >= 15 is 0 Å². The molecule has 0 bridgehead atoms. The monoisotopic (exact) mass is 330 g/mol. The lowest BCUT2D eigenvalue weighted by Crippen LogP contribution is -2.36. The van der Waals surface area contributed by atoms with Gasteiger partial charge in [-0.3, -0.25) is 10.2 Å². The fourth-order valence-electron chi connectivity index (χ4n) is 2.27. The zero-order valence-electron chi connectivity index (χ0n) is 12.9. The molecular formula is C16H18N4O2S. The number of anilines is 1. The molecular weight excluding hydrogens is 312 g/mol. The highest BCUT2D eigenvalue weighted by molar-refractivity contribution is 7.22. The predicted octanol–water partition coefficient (Wildman–Crippen LogP) is 3.31. The van der Waals surface area contributed by atoms with Crippen molar-refractivity contribution in [1.82, 2.24) is 15.2 Å². The van der Waals surface area contributed by atoms with Gasteiger partial charge in [-0.25, -0.2) is 9.78 Å². The molecule has 3 aromatic rings. The van der Waals surface area contributed by atoms with E-state index in [-0.39, 0.29) is 12.1 Å². The molecule has 2 aromatic heterocycles. The minimum absolute atomic E-state index is 0.0221. The van der Waals surface area contributed by atoms with Gasteiger partial charge >= 0.3 is 6.03 Å². The molecule has 120 valence electrons. The first-order valence-electron chi connectivity index (χ1n) is 7.24. The maximum atomic E-state index is 12.1. The van der Waals surface area contributed by atoms with Crippen LogP contribution in [0.3, 0.4) is 0 Å². The van der Waals surface area contributed by atoms with E-state index < -0.39 is 0 Å². The van der Waals surface area contributed by atoms with E-state index in [0.29, 0.717) is 11.7 Å². The van der Waals surface area contributed by atoms with Crippen LogP contribution in [0.25, 0.3) is 10.2 Å². The Morgan fingerprint density at radius 3 is 2.83 bits per heavy atom. The largest absolute Gasteiger partial charge is 0.468 e. The molecule has 2 N–H and O–H groups in total. The summed E-state index contributed by atoms with van der Waals surface area (Å²) in [4.78, 5) is 18.5. The standard InChI is InChI=1S/C16H18N4O2S/c1-20(2)12(13-7-5-9-22-13)10-17-15(21)19-16-18-11-6-3-4-8-14(11)23-16/h3-9,12H,10H2,1-2H3,(H2,17,18,19,21). The van der Waals surface area contributed by atoms with Crippen LogP contribution >= 0.6 is 11.3 Å². The Hall–Kier alpha value is -2.38. The average Bonchev–Trinajstić information content (AvgIpc) is 3.15.